The Balaban J connectivity index is 2.28. The van der Waals surface area contributed by atoms with E-state index in [1.807, 2.05) is 30.3 Å². The van der Waals surface area contributed by atoms with E-state index in [0.29, 0.717) is 5.56 Å². The minimum absolute atomic E-state index is 0.636. The van der Waals surface area contributed by atoms with Crippen molar-refractivity contribution >= 4 is 43.2 Å². The highest BCUT2D eigenvalue weighted by Crippen LogP contribution is 2.27. The molecule has 84 valence electrons. The van der Waals surface area contributed by atoms with Gasteiger partial charge in [0.25, 0.3) is 0 Å². The largest absolute Gasteiger partial charge is 0.355 e. The molecule has 2 nitrogen and oxygen atoms in total. The van der Waals surface area contributed by atoms with Crippen molar-refractivity contribution in [3.8, 4) is 6.07 Å². The molecule has 0 radical (unpaired) electrons. The summed E-state index contributed by atoms with van der Waals surface area (Å²) in [5, 5.41) is 12.1. The molecular weight excluding hydrogens is 344 g/mol. The maximum Gasteiger partial charge on any atom is 0.0992 e. The summed E-state index contributed by atoms with van der Waals surface area (Å²) in [5.74, 6) is 0. The number of nitrogens with zero attached hydrogens (tertiary/aromatic N) is 1. The molecule has 0 aliphatic carbocycles. The van der Waals surface area contributed by atoms with E-state index in [1.54, 1.807) is 12.1 Å². The van der Waals surface area contributed by atoms with E-state index in [1.165, 1.54) is 0 Å². The molecule has 0 aliphatic rings. The van der Waals surface area contributed by atoms with Crippen LogP contribution in [0.3, 0.4) is 0 Å². The van der Waals surface area contributed by atoms with Crippen molar-refractivity contribution in [2.75, 3.05) is 5.32 Å². The summed E-state index contributed by atoms with van der Waals surface area (Å²) in [4.78, 5) is 0. The van der Waals surface area contributed by atoms with Gasteiger partial charge in [0.1, 0.15) is 0 Å². The Bertz CT molecular complexity index is 588. The third kappa shape index (κ3) is 3.09. The number of hydrogen-bond donors (Lipinski definition) is 1. The summed E-state index contributed by atoms with van der Waals surface area (Å²) in [6, 6.07) is 15.5. The summed E-state index contributed by atoms with van der Waals surface area (Å²) in [7, 11) is 0. The highest BCUT2D eigenvalue weighted by molar-refractivity contribution is 9.10. The van der Waals surface area contributed by atoms with E-state index >= 15 is 0 Å². The van der Waals surface area contributed by atoms with Crippen LogP contribution >= 0.6 is 31.9 Å². The minimum atomic E-state index is 0.636. The molecule has 0 spiro atoms. The zero-order chi connectivity index (χ0) is 12.3. The smallest absolute Gasteiger partial charge is 0.0992 e. The van der Waals surface area contributed by atoms with E-state index < -0.39 is 0 Å². The number of halogens is 2. The Hall–Kier alpha value is -1.31. The van der Waals surface area contributed by atoms with Gasteiger partial charge in [-0.25, -0.2) is 0 Å². The SMILES string of the molecule is N#Cc1ccc(Nc2cccc(Br)c2)c(Br)c1. The molecule has 0 aromatic heterocycles. The first-order valence-electron chi connectivity index (χ1n) is 4.91. The Morgan fingerprint density at radius 1 is 1.06 bits per heavy atom. The Kier molecular flexibility index (Phi) is 3.82. The molecule has 0 bridgehead atoms. The average molecular weight is 352 g/mol. The summed E-state index contributed by atoms with van der Waals surface area (Å²) in [5.41, 5.74) is 2.56. The van der Waals surface area contributed by atoms with Crippen molar-refractivity contribution in [3.63, 3.8) is 0 Å². The van der Waals surface area contributed by atoms with E-state index in [4.69, 9.17) is 5.26 Å². The lowest BCUT2D eigenvalue weighted by atomic mass is 10.2. The molecule has 4 heteroatoms. The zero-order valence-corrected chi connectivity index (χ0v) is 11.9. The van der Waals surface area contributed by atoms with Crippen molar-refractivity contribution in [1.82, 2.24) is 0 Å². The van der Waals surface area contributed by atoms with Crippen molar-refractivity contribution in [3.05, 3.63) is 57.0 Å². The van der Waals surface area contributed by atoms with Gasteiger partial charge >= 0.3 is 0 Å². The first kappa shape index (κ1) is 12.2. The van der Waals surface area contributed by atoms with Crippen LogP contribution in [-0.2, 0) is 0 Å². The highest BCUT2D eigenvalue weighted by Gasteiger charge is 2.02. The van der Waals surface area contributed by atoms with Crippen LogP contribution < -0.4 is 5.32 Å². The Labute approximate surface area is 117 Å². The maximum absolute atomic E-state index is 8.78. The van der Waals surface area contributed by atoms with Gasteiger partial charge in [0.05, 0.1) is 17.3 Å². The number of rotatable bonds is 2. The first-order valence-corrected chi connectivity index (χ1v) is 6.50. The van der Waals surface area contributed by atoms with Crippen LogP contribution in [0.5, 0.6) is 0 Å². The van der Waals surface area contributed by atoms with Gasteiger partial charge in [0.15, 0.2) is 0 Å². The Morgan fingerprint density at radius 2 is 1.88 bits per heavy atom. The van der Waals surface area contributed by atoms with E-state index in [2.05, 4.69) is 43.2 Å². The van der Waals surface area contributed by atoms with Crippen LogP contribution in [0, 0.1) is 11.3 Å². The summed E-state index contributed by atoms with van der Waals surface area (Å²) >= 11 is 6.86. The molecule has 2 rings (SSSR count). The van der Waals surface area contributed by atoms with Gasteiger partial charge in [0, 0.05) is 14.6 Å². The molecule has 0 fully saturated rings. The molecule has 17 heavy (non-hydrogen) atoms. The van der Waals surface area contributed by atoms with Gasteiger partial charge in [-0.1, -0.05) is 22.0 Å². The fourth-order valence-electron chi connectivity index (χ4n) is 1.41. The van der Waals surface area contributed by atoms with Crippen LogP contribution in [0.4, 0.5) is 11.4 Å². The van der Waals surface area contributed by atoms with E-state index in [-0.39, 0.29) is 0 Å². The zero-order valence-electron chi connectivity index (χ0n) is 8.74. The molecule has 0 atom stereocenters. The van der Waals surface area contributed by atoms with Crippen LogP contribution in [0.15, 0.2) is 51.4 Å². The second-order valence-electron chi connectivity index (χ2n) is 3.44. The van der Waals surface area contributed by atoms with Crippen LogP contribution in [0.25, 0.3) is 0 Å². The monoisotopic (exact) mass is 350 g/mol. The third-order valence-electron chi connectivity index (χ3n) is 2.20. The molecule has 0 heterocycles. The standard InChI is InChI=1S/C13H8Br2N2/c14-10-2-1-3-11(7-10)17-13-5-4-9(8-16)6-12(13)15/h1-7,17H. The van der Waals surface area contributed by atoms with Gasteiger partial charge in [0.2, 0.25) is 0 Å². The van der Waals surface area contributed by atoms with Crippen LogP contribution in [-0.4, -0.2) is 0 Å². The normalized spacial score (nSPS) is 9.71. The van der Waals surface area contributed by atoms with Crippen molar-refractivity contribution < 1.29 is 0 Å². The fourth-order valence-corrected chi connectivity index (χ4v) is 2.28. The quantitative estimate of drug-likeness (QED) is 0.841. The van der Waals surface area contributed by atoms with Gasteiger partial charge in [-0.2, -0.15) is 5.26 Å². The van der Waals surface area contributed by atoms with Crippen LogP contribution in [0.1, 0.15) is 5.56 Å². The number of nitrogens with one attached hydrogen (secondary N) is 1. The minimum Gasteiger partial charge on any atom is -0.355 e. The lowest BCUT2D eigenvalue weighted by Crippen LogP contribution is -1.91. The fraction of sp³-hybridized carbons (Fsp3) is 0. The van der Waals surface area contributed by atoms with Crippen molar-refractivity contribution in [2.45, 2.75) is 0 Å². The topological polar surface area (TPSA) is 35.8 Å². The highest BCUT2D eigenvalue weighted by atomic mass is 79.9. The number of benzene rings is 2. The van der Waals surface area contributed by atoms with Gasteiger partial charge in [-0.05, 0) is 52.3 Å². The number of nitriles is 1. The van der Waals surface area contributed by atoms with E-state index in [9.17, 15) is 0 Å². The molecule has 0 saturated carbocycles. The second-order valence-corrected chi connectivity index (χ2v) is 5.21. The second kappa shape index (κ2) is 5.35. The summed E-state index contributed by atoms with van der Waals surface area (Å²) in [6.45, 7) is 0. The molecule has 1 N–H and O–H groups in total. The molecule has 0 aliphatic heterocycles. The third-order valence-corrected chi connectivity index (χ3v) is 3.35. The molecule has 2 aromatic carbocycles. The molecule has 2 aromatic rings. The van der Waals surface area contributed by atoms with Crippen LogP contribution in [0.2, 0.25) is 0 Å². The summed E-state index contributed by atoms with van der Waals surface area (Å²) < 4.78 is 1.89. The summed E-state index contributed by atoms with van der Waals surface area (Å²) in [6.07, 6.45) is 0. The number of hydrogen-bond acceptors (Lipinski definition) is 2. The predicted octanol–water partition coefficient (Wildman–Crippen LogP) is 4.83. The number of anilines is 2. The predicted molar refractivity (Wildman–Crippen MR) is 76.3 cm³/mol. The van der Waals surface area contributed by atoms with Crippen molar-refractivity contribution in [1.29, 1.82) is 5.26 Å². The molecular formula is C13H8Br2N2. The Morgan fingerprint density at radius 3 is 2.53 bits per heavy atom. The maximum atomic E-state index is 8.78. The van der Waals surface area contributed by atoms with Gasteiger partial charge in [-0.3, -0.25) is 0 Å². The van der Waals surface area contributed by atoms with Gasteiger partial charge in [-0.15, -0.1) is 0 Å². The first-order chi connectivity index (χ1) is 8.19. The average Bonchev–Trinajstić information content (AvgIpc) is 2.32. The lowest BCUT2D eigenvalue weighted by Gasteiger charge is -2.09. The molecule has 0 saturated heterocycles. The van der Waals surface area contributed by atoms with E-state index in [0.717, 1.165) is 20.3 Å². The molecule has 0 unspecified atom stereocenters. The van der Waals surface area contributed by atoms with Crippen molar-refractivity contribution in [2.24, 2.45) is 0 Å². The van der Waals surface area contributed by atoms with Gasteiger partial charge < -0.3 is 5.32 Å². The molecule has 0 amide bonds. The lowest BCUT2D eigenvalue weighted by molar-refractivity contribution is 1.46.